The Morgan fingerprint density at radius 3 is 0.985 bits per heavy atom. The Hall–Kier alpha value is -3.38. The number of para-hydroxylation sites is 2. The SMILES string of the molecule is CC(C)CCCCNCO.CC(C)CCCCNCO.CC(C)CCCCNCc1ccc(O)cc1.CC(C)CCCCNCc1cccc(CO)c1O.CO.O.OCc1cccc(CO)c1O. The van der Waals surface area contributed by atoms with Crippen molar-refractivity contribution in [3.8, 4) is 17.2 Å². The number of nitrogens with one attached hydrogen (secondary N) is 4. The van der Waals surface area contributed by atoms with Gasteiger partial charge >= 0.3 is 0 Å². The summed E-state index contributed by atoms with van der Waals surface area (Å²) in [5, 5.41) is 90.9. The maximum atomic E-state index is 9.86. The van der Waals surface area contributed by atoms with Crippen molar-refractivity contribution >= 4 is 0 Å². The van der Waals surface area contributed by atoms with Crippen molar-refractivity contribution in [2.24, 2.45) is 23.7 Å². The summed E-state index contributed by atoms with van der Waals surface area (Å²) in [5.41, 5.74) is 3.55. The molecule has 3 aromatic rings. The second-order valence-corrected chi connectivity index (χ2v) is 18.2. The standard InChI is InChI=1S/C15H25NO2.C14H23NO.2C8H19NO.C8H10O3.CH4O.H2O/c1-12(2)6-3-4-9-16-10-13-7-5-8-14(11-17)15(13)18;1-12(2)5-3-4-10-15-11-13-6-8-14(16)9-7-13;2*1-8(2)5-3-4-6-9-7-10;9-4-6-2-1-3-7(5-10)8(6)11;1-2;/h5,7-8,12,16-18H,3-4,6,9-11H2,1-2H3;6-9,12,15-16H,3-5,10-11H2,1-2H3;2*8-10H,3-7H2,1-2H3;1-3,9-11H,4-5H2;2H,1H3;1H2. The topological polar surface area (TPSA) is 262 Å². The van der Waals surface area contributed by atoms with Crippen molar-refractivity contribution in [3.05, 3.63) is 88.5 Å². The van der Waals surface area contributed by atoms with Crippen molar-refractivity contribution in [1.29, 1.82) is 0 Å². The molecule has 14 heteroatoms. The number of aliphatic hydroxyl groups is 6. The second-order valence-electron chi connectivity index (χ2n) is 18.2. The number of aliphatic hydroxyl groups excluding tert-OH is 6. The first kappa shape index (κ1) is 71.2. The van der Waals surface area contributed by atoms with Crippen molar-refractivity contribution < 1.29 is 51.4 Å². The summed E-state index contributed by atoms with van der Waals surface area (Å²) in [4.78, 5) is 0. The molecule has 0 aliphatic heterocycles. The van der Waals surface area contributed by atoms with Crippen molar-refractivity contribution in [3.63, 3.8) is 0 Å². The van der Waals surface area contributed by atoms with Crippen molar-refractivity contribution in [2.45, 2.75) is 165 Å². The molecule has 398 valence electrons. The van der Waals surface area contributed by atoms with Crippen LogP contribution < -0.4 is 21.3 Å². The molecule has 0 unspecified atom stereocenters. The minimum absolute atomic E-state index is 0. The Morgan fingerprint density at radius 1 is 0.382 bits per heavy atom. The summed E-state index contributed by atoms with van der Waals surface area (Å²) in [7, 11) is 1.00. The van der Waals surface area contributed by atoms with Gasteiger partial charge in [-0.15, -0.1) is 0 Å². The van der Waals surface area contributed by atoms with Gasteiger partial charge in [0.05, 0.1) is 33.3 Å². The number of phenolic OH excluding ortho intramolecular Hbond substituents is 1. The number of rotatable bonds is 29. The monoisotopic (exact) mass is 967 g/mol. The summed E-state index contributed by atoms with van der Waals surface area (Å²) in [6.07, 6.45) is 15.0. The maximum absolute atomic E-state index is 9.86. The van der Waals surface area contributed by atoms with Crippen LogP contribution in [0.1, 0.15) is 160 Å². The zero-order valence-electron chi connectivity index (χ0n) is 43.9. The van der Waals surface area contributed by atoms with Gasteiger partial charge in [0.1, 0.15) is 17.2 Å². The van der Waals surface area contributed by atoms with E-state index in [1.807, 2.05) is 24.3 Å². The predicted octanol–water partition coefficient (Wildman–Crippen LogP) is 7.97. The first-order valence-corrected chi connectivity index (χ1v) is 24.9. The highest BCUT2D eigenvalue weighted by Crippen LogP contribution is 2.23. The van der Waals surface area contributed by atoms with E-state index in [1.165, 1.54) is 82.6 Å². The minimum atomic E-state index is -0.209. The Morgan fingerprint density at radius 2 is 0.676 bits per heavy atom. The highest BCUT2D eigenvalue weighted by Gasteiger charge is 2.06. The fourth-order valence-electron chi connectivity index (χ4n) is 6.25. The number of hydrogen-bond acceptors (Lipinski definition) is 13. The van der Waals surface area contributed by atoms with Gasteiger partial charge in [-0.25, -0.2) is 0 Å². The molecule has 0 aliphatic rings. The molecule has 3 rings (SSSR count). The molecule has 0 amide bonds. The van der Waals surface area contributed by atoms with Gasteiger partial charge < -0.3 is 62.1 Å². The van der Waals surface area contributed by atoms with E-state index in [1.54, 1.807) is 36.4 Å². The Bertz CT molecular complexity index is 1440. The molecular weight excluding hydrogens is 865 g/mol. The van der Waals surface area contributed by atoms with E-state index >= 15 is 0 Å². The molecule has 0 radical (unpaired) electrons. The van der Waals surface area contributed by atoms with Gasteiger partial charge in [0, 0.05) is 42.5 Å². The normalized spacial score (nSPS) is 10.4. The number of aromatic hydroxyl groups is 3. The van der Waals surface area contributed by atoms with Crippen LogP contribution in [0.5, 0.6) is 17.2 Å². The number of benzene rings is 3. The van der Waals surface area contributed by atoms with Gasteiger partial charge in [-0.1, -0.05) is 155 Å². The van der Waals surface area contributed by atoms with Gasteiger partial charge in [-0.2, -0.15) is 0 Å². The van der Waals surface area contributed by atoms with E-state index in [-0.39, 0.29) is 50.3 Å². The van der Waals surface area contributed by atoms with Crippen LogP contribution in [0.4, 0.5) is 0 Å². The summed E-state index contributed by atoms with van der Waals surface area (Å²) in [6.45, 7) is 23.1. The molecule has 0 saturated heterocycles. The van der Waals surface area contributed by atoms with E-state index in [2.05, 4.69) is 76.7 Å². The van der Waals surface area contributed by atoms with Crippen molar-refractivity contribution in [2.75, 3.05) is 46.8 Å². The third kappa shape index (κ3) is 45.1. The number of hydrogen-bond donors (Lipinski definition) is 13. The molecule has 0 spiro atoms. The smallest absolute Gasteiger partial charge is 0.126 e. The second kappa shape index (κ2) is 51.5. The molecule has 0 atom stereocenters. The first-order chi connectivity index (χ1) is 32.2. The highest BCUT2D eigenvalue weighted by molar-refractivity contribution is 5.40. The van der Waals surface area contributed by atoms with Crippen LogP contribution in [-0.4, -0.2) is 98.2 Å². The van der Waals surface area contributed by atoms with Crippen LogP contribution in [0.25, 0.3) is 0 Å². The lowest BCUT2D eigenvalue weighted by molar-refractivity contribution is 0.259. The summed E-state index contributed by atoms with van der Waals surface area (Å²) in [5.74, 6) is 3.75. The van der Waals surface area contributed by atoms with Crippen LogP contribution in [0.2, 0.25) is 0 Å². The van der Waals surface area contributed by atoms with Crippen LogP contribution in [0.15, 0.2) is 60.7 Å². The fraction of sp³-hybridized carbons (Fsp3) is 0.667. The average Bonchev–Trinajstić information content (AvgIpc) is 3.31. The molecule has 0 fully saturated rings. The third-order valence-corrected chi connectivity index (χ3v) is 10.3. The summed E-state index contributed by atoms with van der Waals surface area (Å²) >= 11 is 0. The predicted molar refractivity (Wildman–Crippen MR) is 282 cm³/mol. The molecule has 0 saturated carbocycles. The lowest BCUT2D eigenvalue weighted by Crippen LogP contribution is -2.15. The van der Waals surface area contributed by atoms with Gasteiger partial charge in [-0.3, -0.25) is 10.6 Å². The van der Waals surface area contributed by atoms with Gasteiger partial charge in [0.15, 0.2) is 0 Å². The van der Waals surface area contributed by atoms with Gasteiger partial charge in [0.25, 0.3) is 0 Å². The molecule has 0 heterocycles. The summed E-state index contributed by atoms with van der Waals surface area (Å²) in [6, 6.07) is 17.7. The van der Waals surface area contributed by atoms with E-state index in [0.29, 0.717) is 29.0 Å². The van der Waals surface area contributed by atoms with E-state index in [9.17, 15) is 10.2 Å². The molecule has 68 heavy (non-hydrogen) atoms. The molecule has 14 nitrogen and oxygen atoms in total. The number of phenols is 3. The first-order valence-electron chi connectivity index (χ1n) is 24.9. The Kier molecular flexibility index (Phi) is 53.9. The van der Waals surface area contributed by atoms with Gasteiger partial charge in [0.2, 0.25) is 0 Å². The van der Waals surface area contributed by atoms with Crippen LogP contribution in [0.3, 0.4) is 0 Å². The largest absolute Gasteiger partial charge is 0.508 e. The Labute approximate surface area is 413 Å². The molecule has 0 aromatic heterocycles. The lowest BCUT2D eigenvalue weighted by atomic mass is 10.1. The van der Waals surface area contributed by atoms with Gasteiger partial charge in [-0.05, 0) is 93.2 Å². The van der Waals surface area contributed by atoms with Crippen LogP contribution in [-0.2, 0) is 32.9 Å². The summed E-state index contributed by atoms with van der Waals surface area (Å²) < 4.78 is 0. The zero-order chi connectivity index (χ0) is 51.1. The quantitative estimate of drug-likeness (QED) is 0.0233. The fourth-order valence-corrected chi connectivity index (χ4v) is 6.25. The van der Waals surface area contributed by atoms with Crippen LogP contribution in [0, 0.1) is 23.7 Å². The van der Waals surface area contributed by atoms with Crippen molar-refractivity contribution in [1.82, 2.24) is 21.3 Å². The van der Waals surface area contributed by atoms with E-state index in [4.69, 9.17) is 35.7 Å². The van der Waals surface area contributed by atoms with E-state index in [0.717, 1.165) is 69.1 Å². The minimum Gasteiger partial charge on any atom is -0.508 e. The molecular formula is C54H102N4O10. The van der Waals surface area contributed by atoms with E-state index < -0.39 is 0 Å². The highest BCUT2D eigenvalue weighted by atomic mass is 16.3. The molecule has 0 aliphatic carbocycles. The molecule has 15 N–H and O–H groups in total. The van der Waals surface area contributed by atoms with Crippen LogP contribution >= 0.6 is 0 Å². The average molecular weight is 967 g/mol. The zero-order valence-corrected chi connectivity index (χ0v) is 43.9. The Balaban J connectivity index is -0.000000380. The maximum Gasteiger partial charge on any atom is 0.126 e. The number of unbranched alkanes of at least 4 members (excludes halogenated alkanes) is 4. The third-order valence-electron chi connectivity index (χ3n) is 10.3. The molecule has 0 bridgehead atoms. The lowest BCUT2D eigenvalue weighted by Gasteiger charge is -2.09. The molecule has 3 aromatic carbocycles.